The molecule has 0 radical (unpaired) electrons. The van der Waals surface area contributed by atoms with Gasteiger partial charge in [0.2, 0.25) is 0 Å². The van der Waals surface area contributed by atoms with E-state index in [0.29, 0.717) is 13.2 Å². The first kappa shape index (κ1) is 30.5. The van der Waals surface area contributed by atoms with Crippen molar-refractivity contribution >= 4 is 5.97 Å². The molecule has 0 fully saturated rings. The van der Waals surface area contributed by atoms with Crippen LogP contribution in [0.5, 0.6) is 0 Å². The lowest BCUT2D eigenvalue weighted by Crippen LogP contribution is -2.26. The van der Waals surface area contributed by atoms with Crippen molar-refractivity contribution < 1.29 is 24.5 Å². The van der Waals surface area contributed by atoms with Crippen molar-refractivity contribution in [3.63, 3.8) is 0 Å². The Morgan fingerprint density at radius 3 is 1.76 bits per heavy atom. The number of rotatable bonds is 21. The summed E-state index contributed by atoms with van der Waals surface area (Å²) in [4.78, 5) is 11.7. The van der Waals surface area contributed by atoms with Gasteiger partial charge >= 0.3 is 5.97 Å². The van der Waals surface area contributed by atoms with E-state index >= 15 is 0 Å². The molecular weight excluding hydrogens is 370 g/mol. The van der Waals surface area contributed by atoms with Crippen molar-refractivity contribution in [2.45, 2.75) is 122 Å². The molecule has 0 saturated carbocycles. The maximum atomic E-state index is 11.7. The second kappa shape index (κ2) is 23.6. The molecule has 0 rings (SSSR count). The third kappa shape index (κ3) is 21.8. The summed E-state index contributed by atoms with van der Waals surface area (Å²) >= 11 is 0. The maximum absolute atomic E-state index is 11.7. The van der Waals surface area contributed by atoms with Crippen molar-refractivity contribution in [3.05, 3.63) is 0 Å². The summed E-state index contributed by atoms with van der Waals surface area (Å²) in [5.74, 6) is -0.524. The second-order valence-electron chi connectivity index (χ2n) is 7.89. The van der Waals surface area contributed by atoms with Gasteiger partial charge in [-0.2, -0.15) is 0 Å². The number of hydrogen-bond donors (Lipinski definition) is 3. The van der Waals surface area contributed by atoms with Gasteiger partial charge in [-0.25, -0.2) is 4.79 Å². The topological polar surface area (TPSA) is 111 Å². The van der Waals surface area contributed by atoms with Crippen LogP contribution < -0.4 is 6.15 Å². The van der Waals surface area contributed by atoms with Crippen LogP contribution in [-0.4, -0.2) is 48.2 Å². The van der Waals surface area contributed by atoms with Crippen LogP contribution >= 0.6 is 0 Å². The number of carbonyl (C=O) groups is 1. The zero-order chi connectivity index (χ0) is 20.9. The van der Waals surface area contributed by atoms with Gasteiger partial charge in [-0.1, -0.05) is 71.1 Å². The Kier molecular flexibility index (Phi) is 24.8. The molecule has 0 heterocycles. The minimum atomic E-state index is -1.06. The molecule has 176 valence electrons. The molecule has 0 aromatic carbocycles. The fourth-order valence-corrected chi connectivity index (χ4v) is 3.30. The fraction of sp³-hybridized carbons (Fsp3) is 0.957. The predicted molar refractivity (Wildman–Crippen MR) is 119 cm³/mol. The molecule has 0 aromatic rings. The molecule has 0 aliphatic carbocycles. The van der Waals surface area contributed by atoms with Crippen molar-refractivity contribution in [1.29, 1.82) is 0 Å². The van der Waals surface area contributed by atoms with Gasteiger partial charge in [-0.3, -0.25) is 0 Å². The molecule has 5 N–H and O–H groups in total. The van der Waals surface area contributed by atoms with E-state index in [2.05, 4.69) is 6.92 Å². The maximum Gasteiger partial charge on any atom is 0.334 e. The molecule has 2 unspecified atom stereocenters. The van der Waals surface area contributed by atoms with Gasteiger partial charge in [0.15, 0.2) is 0 Å². The lowest BCUT2D eigenvalue weighted by molar-refractivity contribution is -0.158. The zero-order valence-electron chi connectivity index (χ0n) is 19.2. The summed E-state index contributed by atoms with van der Waals surface area (Å²) in [6.45, 7) is 4.75. The summed E-state index contributed by atoms with van der Waals surface area (Å²) in [5.41, 5.74) is 0. The molecule has 0 aliphatic heterocycles. The van der Waals surface area contributed by atoms with E-state index in [1.54, 1.807) is 0 Å². The van der Waals surface area contributed by atoms with Crippen LogP contribution in [0.2, 0.25) is 0 Å². The highest BCUT2D eigenvalue weighted by molar-refractivity contribution is 5.73. The summed E-state index contributed by atoms with van der Waals surface area (Å²) < 4.78 is 10.7. The van der Waals surface area contributed by atoms with Gasteiger partial charge in [0, 0.05) is 6.61 Å². The standard InChI is InChI=1S/C23H46O5.H3N/c1-3-4-5-6-7-8-9-10-11-12-13-16-22(28-23(26)21(2)25)17-14-15-19-27-20-18-24;/h21-22,24-25H,3-20H2,1-2H3;1H3. The number of esters is 1. The van der Waals surface area contributed by atoms with Crippen LogP contribution in [0.1, 0.15) is 110 Å². The fourth-order valence-electron chi connectivity index (χ4n) is 3.30. The average Bonchev–Trinajstić information content (AvgIpc) is 2.68. The normalized spacial score (nSPS) is 13.0. The van der Waals surface area contributed by atoms with E-state index in [1.165, 1.54) is 71.1 Å². The number of aliphatic hydroxyl groups excluding tert-OH is 2. The minimum Gasteiger partial charge on any atom is -0.460 e. The molecule has 0 bridgehead atoms. The molecule has 6 heteroatoms. The Labute approximate surface area is 179 Å². The SMILES string of the molecule is CCCCCCCCCCCCCC(CCCCOCCO)OC(=O)C(C)O.N. The zero-order valence-corrected chi connectivity index (χ0v) is 19.2. The highest BCUT2D eigenvalue weighted by Gasteiger charge is 2.17. The van der Waals surface area contributed by atoms with E-state index in [9.17, 15) is 9.90 Å². The first-order valence-corrected chi connectivity index (χ1v) is 11.7. The van der Waals surface area contributed by atoms with Crippen LogP contribution in [0.15, 0.2) is 0 Å². The van der Waals surface area contributed by atoms with E-state index < -0.39 is 12.1 Å². The summed E-state index contributed by atoms with van der Waals surface area (Å²) in [6.07, 6.45) is 16.6. The van der Waals surface area contributed by atoms with Crippen molar-refractivity contribution in [2.75, 3.05) is 19.8 Å². The Morgan fingerprint density at radius 1 is 0.793 bits per heavy atom. The third-order valence-electron chi connectivity index (χ3n) is 5.05. The van der Waals surface area contributed by atoms with Crippen molar-refractivity contribution in [3.8, 4) is 0 Å². The van der Waals surface area contributed by atoms with E-state index in [1.807, 2.05) is 0 Å². The molecule has 6 nitrogen and oxygen atoms in total. The van der Waals surface area contributed by atoms with E-state index in [-0.39, 0.29) is 18.9 Å². The number of hydrogen-bond acceptors (Lipinski definition) is 6. The number of aliphatic hydroxyl groups is 2. The average molecular weight is 420 g/mol. The van der Waals surface area contributed by atoms with Crippen molar-refractivity contribution in [2.24, 2.45) is 0 Å². The largest absolute Gasteiger partial charge is 0.460 e. The highest BCUT2D eigenvalue weighted by atomic mass is 16.6. The molecule has 2 atom stereocenters. The van der Waals surface area contributed by atoms with Crippen LogP contribution in [0.4, 0.5) is 0 Å². The Balaban J connectivity index is 0. The van der Waals surface area contributed by atoms with Gasteiger partial charge in [-0.15, -0.1) is 0 Å². The second-order valence-corrected chi connectivity index (χ2v) is 7.89. The summed E-state index contributed by atoms with van der Waals surface area (Å²) in [5, 5.41) is 18.1. The molecule has 0 amide bonds. The highest BCUT2D eigenvalue weighted by Crippen LogP contribution is 2.17. The Morgan fingerprint density at radius 2 is 1.28 bits per heavy atom. The molecule has 0 saturated heterocycles. The monoisotopic (exact) mass is 419 g/mol. The van der Waals surface area contributed by atoms with Gasteiger partial charge in [-0.05, 0) is 39.0 Å². The van der Waals surface area contributed by atoms with Crippen LogP contribution in [0.25, 0.3) is 0 Å². The lowest BCUT2D eigenvalue weighted by atomic mass is 10.0. The van der Waals surface area contributed by atoms with Gasteiger partial charge < -0.3 is 25.8 Å². The number of unbranched alkanes of at least 4 members (excludes halogenated alkanes) is 11. The van der Waals surface area contributed by atoms with Gasteiger partial charge in [0.1, 0.15) is 12.2 Å². The predicted octanol–water partition coefficient (Wildman–Crippen LogP) is 5.32. The minimum absolute atomic E-state index is 0. The molecule has 0 spiro atoms. The first-order valence-electron chi connectivity index (χ1n) is 11.7. The van der Waals surface area contributed by atoms with E-state index in [0.717, 1.165) is 32.1 Å². The smallest absolute Gasteiger partial charge is 0.334 e. The quantitative estimate of drug-likeness (QED) is 0.171. The Hall–Kier alpha value is -0.690. The van der Waals surface area contributed by atoms with Crippen LogP contribution in [0.3, 0.4) is 0 Å². The van der Waals surface area contributed by atoms with Crippen LogP contribution in [-0.2, 0) is 14.3 Å². The third-order valence-corrected chi connectivity index (χ3v) is 5.05. The van der Waals surface area contributed by atoms with E-state index in [4.69, 9.17) is 14.6 Å². The number of carbonyl (C=O) groups excluding carboxylic acids is 1. The molecule has 0 aliphatic rings. The van der Waals surface area contributed by atoms with Gasteiger partial charge in [0.05, 0.1) is 13.2 Å². The van der Waals surface area contributed by atoms with Gasteiger partial charge in [0.25, 0.3) is 0 Å². The first-order chi connectivity index (χ1) is 13.6. The summed E-state index contributed by atoms with van der Waals surface area (Å²) in [6, 6.07) is 0. The molecular formula is C23H49NO5. The molecule has 29 heavy (non-hydrogen) atoms. The summed E-state index contributed by atoms with van der Waals surface area (Å²) in [7, 11) is 0. The number of ether oxygens (including phenoxy) is 2. The van der Waals surface area contributed by atoms with Crippen LogP contribution in [0, 0.1) is 0 Å². The lowest BCUT2D eigenvalue weighted by Gasteiger charge is -2.19. The molecule has 0 aromatic heterocycles. The Bertz CT molecular complexity index is 339. The van der Waals surface area contributed by atoms with Crippen molar-refractivity contribution in [1.82, 2.24) is 6.15 Å².